The maximum absolute atomic E-state index is 14.0. The first-order chi connectivity index (χ1) is 21.9. The largest absolute Gasteiger partial charge is 0.461 e. The summed E-state index contributed by atoms with van der Waals surface area (Å²) in [5, 5.41) is 2.43. The Morgan fingerprint density at radius 3 is 2.16 bits per heavy atom. The number of hydrogen-bond donors (Lipinski definition) is 1. The first-order valence-corrected chi connectivity index (χ1v) is 17.8. The normalized spacial score (nSPS) is 19.6. The van der Waals surface area contributed by atoms with Crippen LogP contribution in [0.15, 0.2) is 96.2 Å². The highest BCUT2D eigenvalue weighted by atomic mass is 32.2. The highest BCUT2D eigenvalue weighted by molar-refractivity contribution is 8.19. The van der Waals surface area contributed by atoms with Gasteiger partial charge >= 0.3 is 11.9 Å². The molecule has 0 aliphatic carbocycles. The molecule has 3 aromatic carbocycles. The second-order valence-electron chi connectivity index (χ2n) is 10.7. The number of nitrogens with one attached hydrogen (secondary N) is 1. The smallest absolute Gasteiger partial charge is 0.356 e. The summed E-state index contributed by atoms with van der Waals surface area (Å²) in [6, 6.07) is 25.9. The molecule has 45 heavy (non-hydrogen) atoms. The standard InChI is InChI=1S/C34H32N2O6S3/c1-21(37)41-19-25-20-45-32-28(35-27(38)18-24-14-8-9-15-26(24)34-43-16-17-44-34)31(39)36(32)29(25)33(40)42-30(22-10-4-2-5-11-22)23-12-6-3-7-13-23/h2-15,28,30,32,34H,16-20H2,1H3,(H,35,38)/t28?,32-/m1/s1. The minimum Gasteiger partial charge on any atom is -0.461 e. The van der Waals surface area contributed by atoms with E-state index in [-0.39, 0.29) is 24.6 Å². The number of amides is 2. The first-order valence-electron chi connectivity index (χ1n) is 14.6. The molecule has 232 valence electrons. The lowest BCUT2D eigenvalue weighted by atomic mass is 10.00. The molecule has 6 rings (SSSR count). The van der Waals surface area contributed by atoms with Crippen LogP contribution in [0.4, 0.5) is 0 Å². The predicted molar refractivity (Wildman–Crippen MR) is 177 cm³/mol. The SMILES string of the molecule is CC(=O)OCC1=C(C(=O)OC(c2ccccc2)c2ccccc2)N2C(=O)C(NC(=O)Cc3ccccc3C3SCCS3)[C@H]2SC1. The van der Waals surface area contributed by atoms with Crippen molar-refractivity contribution in [3.63, 3.8) is 0 Å². The van der Waals surface area contributed by atoms with Crippen molar-refractivity contribution in [1.82, 2.24) is 10.2 Å². The molecule has 3 aliphatic heterocycles. The molecule has 2 atom stereocenters. The zero-order chi connectivity index (χ0) is 31.3. The minimum atomic E-state index is -0.790. The molecule has 3 aromatic rings. The lowest BCUT2D eigenvalue weighted by molar-refractivity contribution is -0.155. The molecule has 3 aliphatic rings. The van der Waals surface area contributed by atoms with Crippen molar-refractivity contribution in [3.05, 3.63) is 118 Å². The van der Waals surface area contributed by atoms with Crippen LogP contribution in [0.2, 0.25) is 0 Å². The van der Waals surface area contributed by atoms with Crippen LogP contribution >= 0.6 is 35.3 Å². The van der Waals surface area contributed by atoms with E-state index >= 15 is 0 Å². The Balaban J connectivity index is 1.21. The number of thioether (sulfide) groups is 3. The van der Waals surface area contributed by atoms with Crippen molar-refractivity contribution in [1.29, 1.82) is 0 Å². The van der Waals surface area contributed by atoms with Crippen molar-refractivity contribution in [2.45, 2.75) is 35.4 Å². The van der Waals surface area contributed by atoms with E-state index in [1.807, 2.05) is 102 Å². The number of ether oxygens (including phenoxy) is 2. The molecule has 11 heteroatoms. The molecule has 2 amide bonds. The van der Waals surface area contributed by atoms with Crippen LogP contribution in [0.1, 0.15) is 39.9 Å². The zero-order valence-electron chi connectivity index (χ0n) is 24.5. The predicted octanol–water partition coefficient (Wildman–Crippen LogP) is 5.26. The van der Waals surface area contributed by atoms with E-state index in [2.05, 4.69) is 11.4 Å². The van der Waals surface area contributed by atoms with Gasteiger partial charge in [-0.05, 0) is 22.3 Å². The average molecular weight is 661 g/mol. The Kier molecular flexibility index (Phi) is 9.87. The topological polar surface area (TPSA) is 102 Å². The van der Waals surface area contributed by atoms with Gasteiger partial charge in [-0.25, -0.2) is 4.79 Å². The first kappa shape index (κ1) is 31.3. The zero-order valence-corrected chi connectivity index (χ0v) is 27.0. The van der Waals surface area contributed by atoms with E-state index in [4.69, 9.17) is 9.47 Å². The van der Waals surface area contributed by atoms with Gasteiger partial charge in [-0.2, -0.15) is 0 Å². The van der Waals surface area contributed by atoms with E-state index in [0.717, 1.165) is 33.8 Å². The number of benzene rings is 3. The number of rotatable bonds is 10. The molecule has 0 aromatic heterocycles. The van der Waals surface area contributed by atoms with Gasteiger partial charge in [0, 0.05) is 29.8 Å². The summed E-state index contributed by atoms with van der Waals surface area (Å²) in [5.74, 6) is 0.647. The molecule has 0 saturated carbocycles. The van der Waals surface area contributed by atoms with Crippen molar-refractivity contribution in [3.8, 4) is 0 Å². The summed E-state index contributed by atoms with van der Waals surface area (Å²) < 4.78 is 11.7. The fourth-order valence-corrected chi connectivity index (χ4v) is 9.89. The molecule has 0 spiro atoms. The molecule has 2 saturated heterocycles. The second kappa shape index (κ2) is 14.2. The van der Waals surface area contributed by atoms with Crippen LogP contribution in [-0.2, 0) is 35.1 Å². The molecular formula is C34H32N2O6S3. The van der Waals surface area contributed by atoms with Crippen LogP contribution in [0.3, 0.4) is 0 Å². The van der Waals surface area contributed by atoms with E-state index in [0.29, 0.717) is 15.9 Å². The highest BCUT2D eigenvalue weighted by Crippen LogP contribution is 2.46. The number of carbonyl (C=O) groups is 4. The number of fused-ring (bicyclic) bond motifs is 1. The Bertz CT molecular complexity index is 1570. The molecule has 1 unspecified atom stereocenters. The summed E-state index contributed by atoms with van der Waals surface area (Å²) in [5.41, 5.74) is 4.18. The van der Waals surface area contributed by atoms with E-state index in [1.165, 1.54) is 23.6 Å². The van der Waals surface area contributed by atoms with Gasteiger partial charge in [0.15, 0.2) is 6.10 Å². The van der Waals surface area contributed by atoms with Gasteiger partial charge in [-0.3, -0.25) is 19.3 Å². The molecule has 1 N–H and O–H groups in total. The number of hydrogen-bond acceptors (Lipinski definition) is 9. The molecular weight excluding hydrogens is 629 g/mol. The van der Waals surface area contributed by atoms with Gasteiger partial charge in [0.1, 0.15) is 23.7 Å². The second-order valence-corrected chi connectivity index (χ2v) is 14.6. The van der Waals surface area contributed by atoms with E-state index in [1.54, 1.807) is 0 Å². The van der Waals surface area contributed by atoms with Crippen molar-refractivity contribution in [2.75, 3.05) is 23.9 Å². The Morgan fingerprint density at radius 1 is 0.889 bits per heavy atom. The summed E-state index contributed by atoms with van der Waals surface area (Å²) in [7, 11) is 0. The summed E-state index contributed by atoms with van der Waals surface area (Å²) in [6.07, 6.45) is -0.564. The summed E-state index contributed by atoms with van der Waals surface area (Å²) in [6.45, 7) is 1.15. The Morgan fingerprint density at radius 2 is 1.51 bits per heavy atom. The number of esters is 2. The van der Waals surface area contributed by atoms with Gasteiger partial charge in [0.05, 0.1) is 11.0 Å². The van der Waals surface area contributed by atoms with Crippen molar-refractivity contribution >= 4 is 59.0 Å². The van der Waals surface area contributed by atoms with Crippen LogP contribution in [0, 0.1) is 0 Å². The van der Waals surface area contributed by atoms with Gasteiger partial charge in [-0.15, -0.1) is 35.3 Å². The monoisotopic (exact) mass is 660 g/mol. The Labute approximate surface area is 274 Å². The van der Waals surface area contributed by atoms with Crippen molar-refractivity contribution < 1.29 is 28.7 Å². The van der Waals surface area contributed by atoms with Gasteiger partial charge < -0.3 is 14.8 Å². The lowest BCUT2D eigenvalue weighted by Gasteiger charge is -2.49. The Hall–Kier alpha value is -3.67. The fourth-order valence-electron chi connectivity index (χ4n) is 5.58. The third-order valence-electron chi connectivity index (χ3n) is 7.72. The number of β-lactam (4-membered cyclic amide) rings is 1. The fraction of sp³-hybridized carbons (Fsp3) is 0.294. The maximum atomic E-state index is 14.0. The molecule has 8 nitrogen and oxygen atoms in total. The molecule has 3 heterocycles. The third-order valence-corrected chi connectivity index (χ3v) is 12.1. The van der Waals surface area contributed by atoms with Crippen molar-refractivity contribution in [2.24, 2.45) is 0 Å². The van der Waals surface area contributed by atoms with Crippen LogP contribution < -0.4 is 5.32 Å². The van der Waals surface area contributed by atoms with Gasteiger partial charge in [-0.1, -0.05) is 84.9 Å². The van der Waals surface area contributed by atoms with Crippen LogP contribution in [0.25, 0.3) is 0 Å². The van der Waals surface area contributed by atoms with Gasteiger partial charge in [0.2, 0.25) is 5.91 Å². The molecule has 2 fully saturated rings. The van der Waals surface area contributed by atoms with E-state index < -0.39 is 35.4 Å². The lowest BCUT2D eigenvalue weighted by Crippen LogP contribution is -2.70. The third kappa shape index (κ3) is 6.95. The number of carbonyl (C=O) groups excluding carboxylic acids is 4. The summed E-state index contributed by atoms with van der Waals surface area (Å²) in [4.78, 5) is 53.9. The molecule has 0 bridgehead atoms. The average Bonchev–Trinajstić information content (AvgIpc) is 3.60. The van der Waals surface area contributed by atoms with E-state index in [9.17, 15) is 19.2 Å². The summed E-state index contributed by atoms with van der Waals surface area (Å²) >= 11 is 5.17. The van der Waals surface area contributed by atoms with Crippen LogP contribution in [-0.4, -0.2) is 63.9 Å². The highest BCUT2D eigenvalue weighted by Gasteiger charge is 2.54. The molecule has 0 radical (unpaired) electrons. The minimum absolute atomic E-state index is 0.0630. The quantitative estimate of drug-likeness (QED) is 0.231. The maximum Gasteiger partial charge on any atom is 0.356 e. The van der Waals surface area contributed by atoms with Crippen LogP contribution in [0.5, 0.6) is 0 Å². The van der Waals surface area contributed by atoms with Gasteiger partial charge in [0.25, 0.3) is 5.91 Å². The number of nitrogens with zero attached hydrogens (tertiary/aromatic N) is 1.